The van der Waals surface area contributed by atoms with Crippen LogP contribution in [0.2, 0.25) is 0 Å². The van der Waals surface area contributed by atoms with Gasteiger partial charge in [-0.2, -0.15) is 16.8 Å². The Hall–Kier alpha value is -3.02. The lowest BCUT2D eigenvalue weighted by Crippen LogP contribution is -2.10. The van der Waals surface area contributed by atoms with Crippen molar-refractivity contribution in [1.82, 2.24) is 0 Å². The molecule has 0 heterocycles. The molecule has 0 saturated carbocycles. The first-order chi connectivity index (χ1) is 16.0. The van der Waals surface area contributed by atoms with Crippen LogP contribution in [0.25, 0.3) is 0 Å². The number of benzene rings is 2. The van der Waals surface area contributed by atoms with E-state index in [1.807, 2.05) is 31.2 Å². The molecule has 34 heavy (non-hydrogen) atoms. The molecular formula is C24H26O8S2. The molecule has 0 atom stereocenters. The van der Waals surface area contributed by atoms with Crippen LogP contribution in [0.1, 0.15) is 42.0 Å². The Morgan fingerprint density at radius 3 is 1.68 bits per heavy atom. The van der Waals surface area contributed by atoms with E-state index >= 15 is 0 Å². The highest BCUT2D eigenvalue weighted by molar-refractivity contribution is 7.86. The quantitative estimate of drug-likeness (QED) is 0.286. The first-order valence-corrected chi connectivity index (χ1v) is 13.5. The molecule has 0 bridgehead atoms. The lowest BCUT2D eigenvalue weighted by Gasteiger charge is -2.13. The largest absolute Gasteiger partial charge is 0.492 e. The topological polar surface area (TPSA) is 127 Å². The van der Waals surface area contributed by atoms with Gasteiger partial charge in [0.2, 0.25) is 0 Å². The first kappa shape index (κ1) is 27.2. The van der Waals surface area contributed by atoms with Gasteiger partial charge in [0.1, 0.15) is 11.5 Å². The first-order valence-electron chi connectivity index (χ1n) is 10.3. The van der Waals surface area contributed by atoms with Gasteiger partial charge in [-0.25, -0.2) is 0 Å². The molecule has 182 valence electrons. The molecular weight excluding hydrogens is 480 g/mol. The monoisotopic (exact) mass is 506 g/mol. The van der Waals surface area contributed by atoms with Crippen molar-refractivity contribution in [2.45, 2.75) is 26.7 Å². The summed E-state index contributed by atoms with van der Waals surface area (Å²) >= 11 is 0. The van der Waals surface area contributed by atoms with E-state index in [4.69, 9.17) is 18.6 Å². The van der Waals surface area contributed by atoms with Crippen molar-refractivity contribution in [2.24, 2.45) is 0 Å². The van der Waals surface area contributed by atoms with Gasteiger partial charge in [-0.05, 0) is 38.8 Å². The molecule has 2 aromatic carbocycles. The van der Waals surface area contributed by atoms with E-state index in [1.54, 1.807) is 19.1 Å². The maximum Gasteiger partial charge on any atom is 0.264 e. The Balaban J connectivity index is 2.35. The molecule has 0 aliphatic rings. The van der Waals surface area contributed by atoms with Crippen molar-refractivity contribution in [3.8, 4) is 35.2 Å². The summed E-state index contributed by atoms with van der Waals surface area (Å²) in [6.07, 6.45) is 0.155. The van der Waals surface area contributed by atoms with Gasteiger partial charge in [0, 0.05) is 17.7 Å². The van der Waals surface area contributed by atoms with Crippen LogP contribution in [0.4, 0.5) is 0 Å². The zero-order chi connectivity index (χ0) is 25.2. The van der Waals surface area contributed by atoms with Gasteiger partial charge in [-0.1, -0.05) is 35.5 Å². The second kappa shape index (κ2) is 12.4. The Bertz CT molecular complexity index is 1320. The summed E-state index contributed by atoms with van der Waals surface area (Å²) in [6, 6.07) is 10.8. The average molecular weight is 507 g/mol. The second-order valence-electron chi connectivity index (χ2n) is 7.31. The Kier molecular flexibility index (Phi) is 9.97. The van der Waals surface area contributed by atoms with E-state index in [0.29, 0.717) is 22.6 Å². The number of rotatable bonds is 10. The highest BCUT2D eigenvalue weighted by atomic mass is 32.2. The van der Waals surface area contributed by atoms with Crippen LogP contribution in [-0.2, 0) is 20.2 Å². The highest BCUT2D eigenvalue weighted by Crippen LogP contribution is 2.29. The minimum atomic E-state index is -4.10. The standard InChI is InChI=1S/C24H26O8S2/c1-3-6-21-17-24(32-14-5-16-34(28,29)30)22(12-11-20-9-7-19(2)8-10-20)18-23(21)31-13-4-15-33(25,26)27/h7-10,17-18H,4-5,13-16H2,1-2H3,(H,25,26,27)(H,28,29,30). The summed E-state index contributed by atoms with van der Waals surface area (Å²) in [7, 11) is -8.19. The molecule has 10 heteroatoms. The average Bonchev–Trinajstić information content (AvgIpc) is 2.74. The van der Waals surface area contributed by atoms with Gasteiger partial charge >= 0.3 is 0 Å². The van der Waals surface area contributed by atoms with Crippen LogP contribution in [0.3, 0.4) is 0 Å². The molecule has 0 spiro atoms. The van der Waals surface area contributed by atoms with E-state index in [1.165, 1.54) is 0 Å². The Labute approximate surface area is 200 Å². The molecule has 0 aromatic heterocycles. The molecule has 0 fully saturated rings. The van der Waals surface area contributed by atoms with Crippen molar-refractivity contribution in [2.75, 3.05) is 24.7 Å². The predicted octanol–water partition coefficient (Wildman–Crippen LogP) is 3.08. The van der Waals surface area contributed by atoms with Crippen molar-refractivity contribution >= 4 is 20.2 Å². The smallest absolute Gasteiger partial charge is 0.264 e. The maximum atomic E-state index is 11.0. The van der Waals surface area contributed by atoms with Gasteiger partial charge in [0.05, 0.1) is 35.8 Å². The summed E-state index contributed by atoms with van der Waals surface area (Å²) < 4.78 is 73.0. The number of aryl methyl sites for hydroxylation is 1. The highest BCUT2D eigenvalue weighted by Gasteiger charge is 2.12. The number of hydrogen-bond donors (Lipinski definition) is 2. The van der Waals surface area contributed by atoms with Crippen molar-refractivity contribution in [3.63, 3.8) is 0 Å². The molecule has 8 nitrogen and oxygen atoms in total. The normalized spacial score (nSPS) is 11.1. The molecule has 0 radical (unpaired) electrons. The van der Waals surface area contributed by atoms with Crippen LogP contribution in [0.15, 0.2) is 36.4 Å². The van der Waals surface area contributed by atoms with Crippen LogP contribution in [0, 0.1) is 30.6 Å². The molecule has 2 N–H and O–H groups in total. The third-order valence-corrected chi connectivity index (χ3v) is 5.95. The van der Waals surface area contributed by atoms with E-state index in [9.17, 15) is 16.8 Å². The van der Waals surface area contributed by atoms with E-state index in [-0.39, 0.29) is 26.1 Å². The fourth-order valence-corrected chi connectivity index (χ4v) is 3.72. The van der Waals surface area contributed by atoms with Crippen molar-refractivity contribution < 1.29 is 35.4 Å². The molecule has 0 saturated heterocycles. The lowest BCUT2D eigenvalue weighted by atomic mass is 10.1. The molecule has 0 unspecified atom stereocenters. The van der Waals surface area contributed by atoms with Crippen molar-refractivity contribution in [3.05, 3.63) is 58.7 Å². The zero-order valence-corrected chi connectivity index (χ0v) is 20.5. The molecule has 0 amide bonds. The van der Waals surface area contributed by atoms with Crippen molar-refractivity contribution in [1.29, 1.82) is 0 Å². The minimum Gasteiger partial charge on any atom is -0.492 e. The minimum absolute atomic E-state index is 0.0204. The Morgan fingerprint density at radius 1 is 0.765 bits per heavy atom. The van der Waals surface area contributed by atoms with Gasteiger partial charge in [0.15, 0.2) is 0 Å². The van der Waals surface area contributed by atoms with Crippen LogP contribution in [-0.4, -0.2) is 50.7 Å². The van der Waals surface area contributed by atoms with Crippen LogP contribution in [0.5, 0.6) is 11.5 Å². The number of hydrogen-bond acceptors (Lipinski definition) is 6. The van der Waals surface area contributed by atoms with Gasteiger partial charge < -0.3 is 9.47 Å². The third-order valence-electron chi connectivity index (χ3n) is 4.34. The summed E-state index contributed by atoms with van der Waals surface area (Å²) in [5, 5.41) is 0. The fourth-order valence-electron chi connectivity index (χ4n) is 2.75. The lowest BCUT2D eigenvalue weighted by molar-refractivity contribution is 0.306. The summed E-state index contributed by atoms with van der Waals surface area (Å²) in [4.78, 5) is 0. The van der Waals surface area contributed by atoms with E-state index in [2.05, 4.69) is 23.7 Å². The van der Waals surface area contributed by atoms with Crippen LogP contribution < -0.4 is 9.47 Å². The van der Waals surface area contributed by atoms with Crippen LogP contribution >= 0.6 is 0 Å². The maximum absolute atomic E-state index is 11.0. The molecule has 2 aromatic rings. The predicted molar refractivity (Wildman–Crippen MR) is 129 cm³/mol. The summed E-state index contributed by atoms with van der Waals surface area (Å²) in [6.45, 7) is 3.65. The molecule has 2 rings (SSSR count). The number of ether oxygens (including phenoxy) is 2. The SMILES string of the molecule is CC#Cc1cc(OCCCS(=O)(=O)O)c(C#Cc2ccc(C)cc2)cc1OCCCS(=O)(=O)O. The van der Waals surface area contributed by atoms with E-state index in [0.717, 1.165) is 11.1 Å². The van der Waals surface area contributed by atoms with Gasteiger partial charge in [0.25, 0.3) is 20.2 Å². The second-order valence-corrected chi connectivity index (χ2v) is 10.5. The summed E-state index contributed by atoms with van der Waals surface area (Å²) in [5.41, 5.74) is 2.80. The van der Waals surface area contributed by atoms with Gasteiger partial charge in [-0.15, -0.1) is 5.92 Å². The molecule has 0 aliphatic heterocycles. The zero-order valence-electron chi connectivity index (χ0n) is 18.9. The van der Waals surface area contributed by atoms with E-state index < -0.39 is 31.7 Å². The fraction of sp³-hybridized carbons (Fsp3) is 0.333. The summed E-state index contributed by atoms with van der Waals surface area (Å²) in [5.74, 6) is 11.6. The van der Waals surface area contributed by atoms with Gasteiger partial charge in [-0.3, -0.25) is 9.11 Å². The Morgan fingerprint density at radius 2 is 1.24 bits per heavy atom. The molecule has 0 aliphatic carbocycles. The third kappa shape index (κ3) is 10.3.